The van der Waals surface area contributed by atoms with Gasteiger partial charge in [-0.15, -0.1) is 0 Å². The minimum atomic E-state index is 0.297. The molecule has 3 rings (SSSR count). The second-order valence-corrected chi connectivity index (χ2v) is 7.02. The SMILES string of the molecule is CNC(C1CCCc2cccnc21)C1(N(C)C)CCCC1. The maximum Gasteiger partial charge on any atom is 0.0482 e. The molecule has 2 unspecified atom stereocenters. The highest BCUT2D eigenvalue weighted by Gasteiger charge is 2.47. The van der Waals surface area contributed by atoms with E-state index in [0.29, 0.717) is 17.5 Å². The second-order valence-electron chi connectivity index (χ2n) is 7.02. The van der Waals surface area contributed by atoms with Crippen molar-refractivity contribution in [2.45, 2.75) is 62.4 Å². The zero-order valence-electron chi connectivity index (χ0n) is 13.7. The van der Waals surface area contributed by atoms with Gasteiger partial charge in [-0.1, -0.05) is 18.9 Å². The summed E-state index contributed by atoms with van der Waals surface area (Å²) in [6.07, 6.45) is 11.1. The highest BCUT2D eigenvalue weighted by atomic mass is 15.2. The molecule has 1 aromatic rings. The lowest BCUT2D eigenvalue weighted by Gasteiger charge is -2.47. The largest absolute Gasteiger partial charge is 0.315 e. The van der Waals surface area contributed by atoms with Crippen LogP contribution < -0.4 is 5.32 Å². The Balaban J connectivity index is 1.97. The van der Waals surface area contributed by atoms with Crippen LogP contribution in [0.3, 0.4) is 0 Å². The van der Waals surface area contributed by atoms with Crippen LogP contribution in [-0.4, -0.2) is 42.6 Å². The highest BCUT2D eigenvalue weighted by molar-refractivity contribution is 5.29. The molecule has 0 aliphatic heterocycles. The molecule has 21 heavy (non-hydrogen) atoms. The van der Waals surface area contributed by atoms with Gasteiger partial charge >= 0.3 is 0 Å². The molecule has 2 aliphatic rings. The van der Waals surface area contributed by atoms with Crippen LogP contribution in [0.25, 0.3) is 0 Å². The fourth-order valence-corrected chi connectivity index (χ4v) is 4.84. The number of pyridine rings is 1. The predicted molar refractivity (Wildman–Crippen MR) is 87.6 cm³/mol. The smallest absolute Gasteiger partial charge is 0.0482 e. The Morgan fingerprint density at radius 2 is 2.05 bits per heavy atom. The third-order valence-electron chi connectivity index (χ3n) is 5.89. The number of hydrogen-bond acceptors (Lipinski definition) is 3. The summed E-state index contributed by atoms with van der Waals surface area (Å²) in [5.74, 6) is 0.556. The van der Waals surface area contributed by atoms with Crippen LogP contribution in [0.2, 0.25) is 0 Å². The lowest BCUT2D eigenvalue weighted by atomic mass is 9.72. The molecule has 1 heterocycles. The van der Waals surface area contributed by atoms with E-state index >= 15 is 0 Å². The number of rotatable bonds is 4. The van der Waals surface area contributed by atoms with Crippen LogP contribution in [0.5, 0.6) is 0 Å². The van der Waals surface area contributed by atoms with Crippen LogP contribution >= 0.6 is 0 Å². The quantitative estimate of drug-likeness (QED) is 0.923. The first-order chi connectivity index (χ1) is 10.2. The molecule has 0 radical (unpaired) electrons. The maximum absolute atomic E-state index is 4.77. The van der Waals surface area contributed by atoms with E-state index in [1.54, 1.807) is 0 Å². The molecule has 0 amide bonds. The fraction of sp³-hybridized carbons (Fsp3) is 0.722. The number of nitrogens with zero attached hydrogens (tertiary/aromatic N) is 2. The lowest BCUT2D eigenvalue weighted by Crippen LogP contribution is -2.59. The van der Waals surface area contributed by atoms with E-state index in [1.165, 1.54) is 56.2 Å². The molecular formula is C18H29N3. The summed E-state index contributed by atoms with van der Waals surface area (Å²) in [4.78, 5) is 7.26. The number of fused-ring (bicyclic) bond motifs is 1. The van der Waals surface area contributed by atoms with Gasteiger partial charge in [0.1, 0.15) is 0 Å². The van der Waals surface area contributed by atoms with Crippen LogP contribution in [-0.2, 0) is 6.42 Å². The third kappa shape index (κ3) is 2.51. The zero-order valence-corrected chi connectivity index (χ0v) is 13.7. The molecule has 1 fully saturated rings. The molecule has 1 N–H and O–H groups in total. The molecule has 1 saturated carbocycles. The first-order valence-corrected chi connectivity index (χ1v) is 8.47. The fourth-order valence-electron chi connectivity index (χ4n) is 4.84. The molecule has 0 spiro atoms. The zero-order chi connectivity index (χ0) is 14.9. The van der Waals surface area contributed by atoms with Gasteiger partial charge in [-0.05, 0) is 64.9 Å². The number of likely N-dealkylation sites (N-methyl/N-ethyl adjacent to an activating group) is 2. The first-order valence-electron chi connectivity index (χ1n) is 8.47. The van der Waals surface area contributed by atoms with E-state index in [4.69, 9.17) is 4.98 Å². The summed E-state index contributed by atoms with van der Waals surface area (Å²) in [7, 11) is 6.67. The van der Waals surface area contributed by atoms with Gasteiger partial charge in [-0.3, -0.25) is 4.98 Å². The maximum atomic E-state index is 4.77. The van der Waals surface area contributed by atoms with Crippen molar-refractivity contribution >= 4 is 0 Å². The highest BCUT2D eigenvalue weighted by Crippen LogP contribution is 2.44. The second kappa shape index (κ2) is 6.05. The van der Waals surface area contributed by atoms with Gasteiger partial charge in [-0.25, -0.2) is 0 Å². The normalized spacial score (nSPS) is 25.8. The van der Waals surface area contributed by atoms with Gasteiger partial charge < -0.3 is 10.2 Å². The average molecular weight is 287 g/mol. The summed E-state index contributed by atoms with van der Waals surface area (Å²) in [5, 5.41) is 3.70. The summed E-state index contributed by atoms with van der Waals surface area (Å²) in [6.45, 7) is 0. The van der Waals surface area contributed by atoms with E-state index in [2.05, 4.69) is 43.5 Å². The van der Waals surface area contributed by atoms with Crippen LogP contribution in [0.4, 0.5) is 0 Å². The van der Waals surface area contributed by atoms with Crippen LogP contribution in [0.15, 0.2) is 18.3 Å². The van der Waals surface area contributed by atoms with Crippen molar-refractivity contribution in [3.05, 3.63) is 29.6 Å². The molecule has 116 valence electrons. The molecule has 0 aromatic carbocycles. The van der Waals surface area contributed by atoms with Gasteiger partial charge in [0, 0.05) is 29.4 Å². The Bertz CT molecular complexity index is 477. The lowest BCUT2D eigenvalue weighted by molar-refractivity contribution is 0.0896. The Kier molecular flexibility index (Phi) is 4.32. The Hall–Kier alpha value is -0.930. The molecule has 2 aliphatic carbocycles. The van der Waals surface area contributed by atoms with Crippen LogP contribution in [0.1, 0.15) is 55.7 Å². The van der Waals surface area contributed by atoms with Crippen molar-refractivity contribution in [2.24, 2.45) is 0 Å². The van der Waals surface area contributed by atoms with Crippen molar-refractivity contribution in [2.75, 3.05) is 21.1 Å². The molecular weight excluding hydrogens is 258 g/mol. The monoisotopic (exact) mass is 287 g/mol. The molecule has 2 atom stereocenters. The first kappa shape index (κ1) is 15.0. The van der Waals surface area contributed by atoms with Crippen molar-refractivity contribution in [1.82, 2.24) is 15.2 Å². The number of hydrogen-bond donors (Lipinski definition) is 1. The molecule has 3 heteroatoms. The van der Waals surface area contributed by atoms with Gasteiger partial charge in [0.15, 0.2) is 0 Å². The number of aromatic nitrogens is 1. The Morgan fingerprint density at radius 1 is 1.29 bits per heavy atom. The van der Waals surface area contributed by atoms with E-state index in [1.807, 2.05) is 6.20 Å². The molecule has 0 bridgehead atoms. The van der Waals surface area contributed by atoms with Crippen molar-refractivity contribution in [3.8, 4) is 0 Å². The standard InChI is InChI=1S/C18H29N3/c1-19-17(18(21(2)3)11-4-5-12-18)15-10-6-8-14-9-7-13-20-16(14)15/h7,9,13,15,17,19H,4-6,8,10-12H2,1-3H3. The minimum Gasteiger partial charge on any atom is -0.315 e. The van der Waals surface area contributed by atoms with Gasteiger partial charge in [0.05, 0.1) is 0 Å². The van der Waals surface area contributed by atoms with Crippen molar-refractivity contribution in [3.63, 3.8) is 0 Å². The van der Waals surface area contributed by atoms with Gasteiger partial charge in [0.25, 0.3) is 0 Å². The summed E-state index contributed by atoms with van der Waals surface area (Å²) in [5.41, 5.74) is 3.13. The molecule has 3 nitrogen and oxygen atoms in total. The van der Waals surface area contributed by atoms with E-state index in [-0.39, 0.29) is 0 Å². The summed E-state index contributed by atoms with van der Waals surface area (Å²) in [6, 6.07) is 4.87. The minimum absolute atomic E-state index is 0.297. The topological polar surface area (TPSA) is 28.2 Å². The number of aryl methyl sites for hydroxylation is 1. The van der Waals surface area contributed by atoms with Crippen LogP contribution in [0, 0.1) is 0 Å². The van der Waals surface area contributed by atoms with Crippen molar-refractivity contribution < 1.29 is 0 Å². The third-order valence-corrected chi connectivity index (χ3v) is 5.89. The summed E-state index contributed by atoms with van der Waals surface area (Å²) >= 11 is 0. The van der Waals surface area contributed by atoms with E-state index in [9.17, 15) is 0 Å². The van der Waals surface area contributed by atoms with Gasteiger partial charge in [-0.2, -0.15) is 0 Å². The van der Waals surface area contributed by atoms with Gasteiger partial charge in [0.2, 0.25) is 0 Å². The summed E-state index contributed by atoms with van der Waals surface area (Å²) < 4.78 is 0. The van der Waals surface area contributed by atoms with E-state index in [0.717, 1.165) is 0 Å². The Labute approximate surface area is 129 Å². The van der Waals surface area contributed by atoms with Crippen molar-refractivity contribution in [1.29, 1.82) is 0 Å². The van der Waals surface area contributed by atoms with E-state index < -0.39 is 0 Å². The molecule has 0 saturated heterocycles. The Morgan fingerprint density at radius 3 is 2.71 bits per heavy atom. The molecule has 1 aromatic heterocycles. The predicted octanol–water partition coefficient (Wildman–Crippen LogP) is 2.96. The average Bonchev–Trinajstić information content (AvgIpc) is 2.99. The number of nitrogens with one attached hydrogen (secondary N) is 1.